The maximum Gasteiger partial charge on any atom is 0.124 e. The first kappa shape index (κ1) is 14.2. The second-order valence-corrected chi connectivity index (χ2v) is 5.88. The Hall–Kier alpha value is -1.80. The zero-order valence-electron chi connectivity index (χ0n) is 12.4. The van der Waals surface area contributed by atoms with Crippen LogP contribution in [0.25, 0.3) is 0 Å². The van der Waals surface area contributed by atoms with E-state index in [2.05, 4.69) is 24.3 Å². The summed E-state index contributed by atoms with van der Waals surface area (Å²) in [5.74, 6) is 1.53. The van der Waals surface area contributed by atoms with E-state index in [9.17, 15) is 0 Å². The lowest BCUT2D eigenvalue weighted by Crippen LogP contribution is -2.20. The van der Waals surface area contributed by atoms with Crippen molar-refractivity contribution in [1.29, 1.82) is 0 Å². The maximum absolute atomic E-state index is 6.49. The van der Waals surface area contributed by atoms with Gasteiger partial charge in [-0.05, 0) is 30.4 Å². The van der Waals surface area contributed by atoms with Gasteiger partial charge in [0.2, 0.25) is 0 Å². The highest BCUT2D eigenvalue weighted by Crippen LogP contribution is 2.37. The van der Waals surface area contributed by atoms with Crippen molar-refractivity contribution in [3.8, 4) is 5.75 Å². The highest BCUT2D eigenvalue weighted by Gasteiger charge is 2.25. The van der Waals surface area contributed by atoms with Crippen LogP contribution < -0.4 is 10.5 Å². The summed E-state index contributed by atoms with van der Waals surface area (Å²) in [5, 5.41) is 0. The molecule has 0 aliphatic heterocycles. The van der Waals surface area contributed by atoms with E-state index >= 15 is 0 Å². The standard InChI is InChI=1S/C19H23NO/c20-19(16-10-4-5-11-16)17-12-6-7-13-18(17)21-14-15-8-2-1-3-9-15/h1-3,6-9,12-13,16,19H,4-5,10-11,14,20H2/t19-/m1/s1. The summed E-state index contributed by atoms with van der Waals surface area (Å²) < 4.78 is 6.02. The van der Waals surface area contributed by atoms with Crippen molar-refractivity contribution in [3.63, 3.8) is 0 Å². The van der Waals surface area contributed by atoms with E-state index in [0.717, 1.165) is 11.3 Å². The molecule has 110 valence electrons. The molecule has 0 unspecified atom stereocenters. The van der Waals surface area contributed by atoms with Gasteiger partial charge in [-0.3, -0.25) is 0 Å². The Bertz CT molecular complexity index is 561. The van der Waals surface area contributed by atoms with Crippen LogP contribution in [-0.2, 0) is 6.61 Å². The molecule has 1 saturated carbocycles. The Morgan fingerprint density at radius 1 is 0.952 bits per heavy atom. The minimum absolute atomic E-state index is 0.0967. The van der Waals surface area contributed by atoms with Crippen LogP contribution in [0.3, 0.4) is 0 Å². The van der Waals surface area contributed by atoms with E-state index in [1.807, 2.05) is 30.3 Å². The number of para-hydroxylation sites is 1. The Balaban J connectivity index is 1.73. The molecule has 1 atom stereocenters. The largest absolute Gasteiger partial charge is 0.489 e. The Kier molecular flexibility index (Phi) is 4.56. The lowest BCUT2D eigenvalue weighted by molar-refractivity contribution is 0.296. The van der Waals surface area contributed by atoms with Crippen LogP contribution in [-0.4, -0.2) is 0 Å². The van der Waals surface area contributed by atoms with Gasteiger partial charge < -0.3 is 10.5 Å². The molecule has 2 nitrogen and oxygen atoms in total. The summed E-state index contributed by atoms with van der Waals surface area (Å²) in [6.45, 7) is 0.592. The minimum Gasteiger partial charge on any atom is -0.489 e. The minimum atomic E-state index is 0.0967. The predicted octanol–water partition coefficient (Wildman–Crippen LogP) is 4.46. The van der Waals surface area contributed by atoms with Gasteiger partial charge in [0.05, 0.1) is 0 Å². The molecule has 2 aromatic rings. The highest BCUT2D eigenvalue weighted by atomic mass is 16.5. The van der Waals surface area contributed by atoms with Gasteiger partial charge in [0, 0.05) is 11.6 Å². The molecular formula is C19H23NO. The summed E-state index contributed by atoms with van der Waals surface area (Å²) in [7, 11) is 0. The van der Waals surface area contributed by atoms with Crippen molar-refractivity contribution in [2.75, 3.05) is 0 Å². The number of ether oxygens (including phenoxy) is 1. The number of nitrogens with two attached hydrogens (primary N) is 1. The summed E-state index contributed by atoms with van der Waals surface area (Å²) >= 11 is 0. The van der Waals surface area contributed by atoms with Crippen LogP contribution in [0.1, 0.15) is 42.9 Å². The highest BCUT2D eigenvalue weighted by molar-refractivity contribution is 5.36. The van der Waals surface area contributed by atoms with Crippen molar-refractivity contribution in [3.05, 3.63) is 65.7 Å². The molecule has 0 bridgehead atoms. The van der Waals surface area contributed by atoms with Gasteiger partial charge in [0.1, 0.15) is 12.4 Å². The van der Waals surface area contributed by atoms with Crippen molar-refractivity contribution < 1.29 is 4.74 Å². The molecule has 0 aromatic heterocycles. The molecule has 1 fully saturated rings. The number of hydrogen-bond acceptors (Lipinski definition) is 2. The van der Waals surface area contributed by atoms with Crippen LogP contribution in [0, 0.1) is 5.92 Å². The zero-order valence-corrected chi connectivity index (χ0v) is 12.4. The van der Waals surface area contributed by atoms with E-state index in [1.54, 1.807) is 0 Å². The molecule has 2 aromatic carbocycles. The molecule has 2 heteroatoms. The first-order chi connectivity index (χ1) is 10.3. The third-order valence-electron chi connectivity index (χ3n) is 4.42. The van der Waals surface area contributed by atoms with Gasteiger partial charge in [-0.2, -0.15) is 0 Å². The molecule has 0 radical (unpaired) electrons. The van der Waals surface area contributed by atoms with Crippen molar-refractivity contribution in [1.82, 2.24) is 0 Å². The van der Waals surface area contributed by atoms with Gasteiger partial charge >= 0.3 is 0 Å². The topological polar surface area (TPSA) is 35.2 Å². The fourth-order valence-electron chi connectivity index (χ4n) is 3.19. The van der Waals surface area contributed by atoms with Crippen molar-refractivity contribution >= 4 is 0 Å². The molecule has 3 rings (SSSR count). The van der Waals surface area contributed by atoms with Crippen LogP contribution in [0.5, 0.6) is 5.75 Å². The van der Waals surface area contributed by atoms with E-state index < -0.39 is 0 Å². The quantitative estimate of drug-likeness (QED) is 0.878. The number of benzene rings is 2. The molecule has 1 aliphatic carbocycles. The predicted molar refractivity (Wildman–Crippen MR) is 86.1 cm³/mol. The molecule has 2 N–H and O–H groups in total. The first-order valence-corrected chi connectivity index (χ1v) is 7.86. The van der Waals surface area contributed by atoms with Gasteiger partial charge in [0.15, 0.2) is 0 Å². The van der Waals surface area contributed by atoms with E-state index in [0.29, 0.717) is 12.5 Å². The van der Waals surface area contributed by atoms with E-state index in [4.69, 9.17) is 10.5 Å². The van der Waals surface area contributed by atoms with Gasteiger partial charge in [-0.25, -0.2) is 0 Å². The third-order valence-corrected chi connectivity index (χ3v) is 4.42. The second kappa shape index (κ2) is 6.77. The lowest BCUT2D eigenvalue weighted by Gasteiger charge is -2.22. The fraction of sp³-hybridized carbons (Fsp3) is 0.368. The number of rotatable bonds is 5. The number of hydrogen-bond donors (Lipinski definition) is 1. The third kappa shape index (κ3) is 3.45. The van der Waals surface area contributed by atoms with Gasteiger partial charge in [-0.15, -0.1) is 0 Å². The molecule has 0 spiro atoms. The Labute approximate surface area is 126 Å². The van der Waals surface area contributed by atoms with E-state index in [1.165, 1.54) is 31.2 Å². The average molecular weight is 281 g/mol. The Morgan fingerprint density at radius 2 is 1.62 bits per heavy atom. The van der Waals surface area contributed by atoms with Gasteiger partial charge in [-0.1, -0.05) is 61.4 Å². The van der Waals surface area contributed by atoms with Crippen LogP contribution in [0.15, 0.2) is 54.6 Å². The lowest BCUT2D eigenvalue weighted by atomic mass is 9.92. The molecule has 1 aliphatic rings. The molecular weight excluding hydrogens is 258 g/mol. The van der Waals surface area contributed by atoms with Crippen molar-refractivity contribution in [2.24, 2.45) is 11.7 Å². The van der Waals surface area contributed by atoms with Crippen molar-refractivity contribution in [2.45, 2.75) is 38.3 Å². The zero-order chi connectivity index (χ0) is 14.5. The summed E-state index contributed by atoms with van der Waals surface area (Å²) in [4.78, 5) is 0. The first-order valence-electron chi connectivity index (χ1n) is 7.86. The second-order valence-electron chi connectivity index (χ2n) is 5.88. The molecule has 0 saturated heterocycles. The van der Waals surface area contributed by atoms with Gasteiger partial charge in [0.25, 0.3) is 0 Å². The van der Waals surface area contributed by atoms with Crippen LogP contribution in [0.4, 0.5) is 0 Å². The summed E-state index contributed by atoms with van der Waals surface area (Å²) in [6, 6.07) is 18.6. The monoisotopic (exact) mass is 281 g/mol. The smallest absolute Gasteiger partial charge is 0.124 e. The summed E-state index contributed by atoms with van der Waals surface area (Å²) in [5.41, 5.74) is 8.83. The molecule has 0 amide bonds. The van der Waals surface area contributed by atoms with Crippen LogP contribution in [0.2, 0.25) is 0 Å². The normalized spacial score (nSPS) is 16.8. The molecule has 21 heavy (non-hydrogen) atoms. The average Bonchev–Trinajstić information content (AvgIpc) is 3.08. The van der Waals surface area contributed by atoms with Crippen LogP contribution >= 0.6 is 0 Å². The fourth-order valence-corrected chi connectivity index (χ4v) is 3.19. The maximum atomic E-state index is 6.49. The summed E-state index contributed by atoms with van der Waals surface area (Å²) in [6.07, 6.45) is 5.11. The van der Waals surface area contributed by atoms with E-state index in [-0.39, 0.29) is 6.04 Å². The SMILES string of the molecule is N[C@@H](c1ccccc1OCc1ccccc1)C1CCCC1. The Morgan fingerprint density at radius 3 is 2.38 bits per heavy atom. The molecule has 0 heterocycles.